The van der Waals surface area contributed by atoms with Gasteiger partial charge in [-0.2, -0.15) is 4.31 Å². The lowest BCUT2D eigenvalue weighted by Gasteiger charge is -2.28. The van der Waals surface area contributed by atoms with E-state index in [0.717, 1.165) is 11.1 Å². The van der Waals surface area contributed by atoms with Crippen LogP contribution in [0.1, 0.15) is 21.7 Å². The van der Waals surface area contributed by atoms with Gasteiger partial charge in [0.1, 0.15) is 5.75 Å². The van der Waals surface area contributed by atoms with Gasteiger partial charge in [0.2, 0.25) is 10.0 Å². The van der Waals surface area contributed by atoms with Crippen LogP contribution in [0.2, 0.25) is 0 Å². The highest BCUT2D eigenvalue weighted by molar-refractivity contribution is 7.89. The van der Waals surface area contributed by atoms with Crippen LogP contribution < -0.4 is 10.1 Å². The second-order valence-electron chi connectivity index (χ2n) is 6.68. The maximum Gasteiger partial charge on any atom is 0.291 e. The van der Waals surface area contributed by atoms with Gasteiger partial charge in [-0.1, -0.05) is 6.07 Å². The van der Waals surface area contributed by atoms with E-state index in [2.05, 4.69) is 5.32 Å². The number of anilines is 1. The first-order valence-corrected chi connectivity index (χ1v) is 10.5. The molecule has 0 spiro atoms. The van der Waals surface area contributed by atoms with Gasteiger partial charge in [-0.15, -0.1) is 0 Å². The molecule has 0 unspecified atom stereocenters. The summed E-state index contributed by atoms with van der Waals surface area (Å²) in [5, 5.41) is 2.78. The molecule has 0 saturated heterocycles. The van der Waals surface area contributed by atoms with Crippen LogP contribution in [0.5, 0.6) is 5.75 Å². The molecule has 0 atom stereocenters. The molecule has 0 radical (unpaired) electrons. The summed E-state index contributed by atoms with van der Waals surface area (Å²) in [6.45, 7) is 0.646. The van der Waals surface area contributed by atoms with Crippen LogP contribution in [0.25, 0.3) is 0 Å². The molecule has 4 rings (SSSR count). The van der Waals surface area contributed by atoms with E-state index in [9.17, 15) is 13.2 Å². The molecule has 2 aromatic carbocycles. The molecule has 1 amide bonds. The highest BCUT2D eigenvalue weighted by atomic mass is 32.2. The topological polar surface area (TPSA) is 88.9 Å². The van der Waals surface area contributed by atoms with E-state index in [1.165, 1.54) is 17.7 Å². The fraction of sp³-hybridized carbons (Fsp3) is 0.190. The molecule has 1 aliphatic rings. The molecule has 1 N–H and O–H groups in total. The van der Waals surface area contributed by atoms with Gasteiger partial charge in [-0.3, -0.25) is 4.79 Å². The summed E-state index contributed by atoms with van der Waals surface area (Å²) < 4.78 is 37.7. The van der Waals surface area contributed by atoms with Crippen LogP contribution in [0.4, 0.5) is 5.69 Å². The molecule has 0 aliphatic carbocycles. The van der Waals surface area contributed by atoms with Crippen LogP contribution in [0.15, 0.2) is 70.2 Å². The number of carbonyl (C=O) groups is 1. The second-order valence-corrected chi connectivity index (χ2v) is 8.62. The van der Waals surface area contributed by atoms with Crippen LogP contribution >= 0.6 is 0 Å². The SMILES string of the molecule is COc1ccc(S(=O)(=O)N2CCc3ccc(NC(=O)c4ccco4)cc3C2)cc1. The standard InChI is InChI=1S/C21H20N2O5S/c1-27-18-6-8-19(9-7-18)29(25,26)23-11-10-15-4-5-17(13-16(15)14-23)22-21(24)20-3-2-12-28-20/h2-9,12-13H,10-11,14H2,1H3,(H,22,24). The van der Waals surface area contributed by atoms with Gasteiger partial charge in [0, 0.05) is 18.8 Å². The lowest BCUT2D eigenvalue weighted by Crippen LogP contribution is -2.36. The summed E-state index contributed by atoms with van der Waals surface area (Å²) >= 11 is 0. The lowest BCUT2D eigenvalue weighted by atomic mass is 10.0. The molecule has 8 heteroatoms. The van der Waals surface area contributed by atoms with Crippen molar-refractivity contribution in [1.29, 1.82) is 0 Å². The molecule has 0 saturated carbocycles. The van der Waals surface area contributed by atoms with Crippen molar-refractivity contribution in [2.24, 2.45) is 0 Å². The normalized spacial score (nSPS) is 14.2. The monoisotopic (exact) mass is 412 g/mol. The van der Waals surface area contributed by atoms with E-state index in [4.69, 9.17) is 9.15 Å². The summed E-state index contributed by atoms with van der Waals surface area (Å²) in [7, 11) is -2.09. The number of methoxy groups -OCH3 is 1. The van der Waals surface area contributed by atoms with Crippen LogP contribution in [-0.2, 0) is 23.0 Å². The van der Waals surface area contributed by atoms with Crippen molar-refractivity contribution < 1.29 is 22.4 Å². The molecule has 29 heavy (non-hydrogen) atoms. The Morgan fingerprint density at radius 1 is 1.10 bits per heavy atom. The third-order valence-corrected chi connectivity index (χ3v) is 6.74. The highest BCUT2D eigenvalue weighted by Crippen LogP contribution is 2.28. The fourth-order valence-corrected chi connectivity index (χ4v) is 4.73. The molecule has 150 valence electrons. The Balaban J connectivity index is 1.54. The van der Waals surface area contributed by atoms with E-state index in [0.29, 0.717) is 24.4 Å². The Hall–Kier alpha value is -3.10. The third-order valence-electron chi connectivity index (χ3n) is 4.88. The average molecular weight is 412 g/mol. The highest BCUT2D eigenvalue weighted by Gasteiger charge is 2.28. The molecule has 3 aromatic rings. The number of rotatable bonds is 5. The zero-order chi connectivity index (χ0) is 20.4. The van der Waals surface area contributed by atoms with Crippen LogP contribution in [0.3, 0.4) is 0 Å². The molecule has 0 bridgehead atoms. The van der Waals surface area contributed by atoms with Crippen molar-refractivity contribution in [1.82, 2.24) is 4.31 Å². The summed E-state index contributed by atoms with van der Waals surface area (Å²) in [5.41, 5.74) is 2.53. The molecule has 1 aliphatic heterocycles. The molecular formula is C21H20N2O5S. The lowest BCUT2D eigenvalue weighted by molar-refractivity contribution is 0.0996. The third kappa shape index (κ3) is 3.90. The Morgan fingerprint density at radius 3 is 2.59 bits per heavy atom. The Bertz CT molecular complexity index is 1120. The minimum atomic E-state index is -3.63. The maximum atomic E-state index is 13.0. The number of furan rings is 1. The number of hydrogen-bond acceptors (Lipinski definition) is 5. The van der Waals surface area contributed by atoms with E-state index >= 15 is 0 Å². The van der Waals surface area contributed by atoms with Gasteiger partial charge >= 0.3 is 0 Å². The Labute approximate surface area is 169 Å². The first-order valence-electron chi connectivity index (χ1n) is 9.08. The predicted octanol–water partition coefficient (Wildman–Crippen LogP) is 3.29. The van der Waals surface area contributed by atoms with Crippen molar-refractivity contribution in [3.8, 4) is 5.75 Å². The fourth-order valence-electron chi connectivity index (χ4n) is 3.31. The van der Waals surface area contributed by atoms with E-state index in [1.54, 1.807) is 36.4 Å². The zero-order valence-electron chi connectivity index (χ0n) is 15.8. The van der Waals surface area contributed by atoms with Crippen molar-refractivity contribution in [3.63, 3.8) is 0 Å². The average Bonchev–Trinajstić information content (AvgIpc) is 3.28. The van der Waals surface area contributed by atoms with Crippen molar-refractivity contribution >= 4 is 21.6 Å². The van der Waals surface area contributed by atoms with Gasteiger partial charge in [-0.25, -0.2) is 8.42 Å². The molecule has 1 aromatic heterocycles. The number of benzene rings is 2. The Kier molecular flexibility index (Phi) is 5.12. The Morgan fingerprint density at radius 2 is 1.90 bits per heavy atom. The number of ether oxygens (including phenoxy) is 1. The van der Waals surface area contributed by atoms with Crippen molar-refractivity contribution in [2.75, 3.05) is 19.0 Å². The van der Waals surface area contributed by atoms with Gasteiger partial charge in [0.15, 0.2) is 5.76 Å². The summed E-state index contributed by atoms with van der Waals surface area (Å²) in [6.07, 6.45) is 2.04. The van der Waals surface area contributed by atoms with E-state index < -0.39 is 10.0 Å². The first kappa shape index (κ1) is 19.2. The molecule has 7 nitrogen and oxygen atoms in total. The maximum absolute atomic E-state index is 13.0. The zero-order valence-corrected chi connectivity index (χ0v) is 16.6. The van der Waals surface area contributed by atoms with Gasteiger partial charge < -0.3 is 14.5 Å². The van der Waals surface area contributed by atoms with Gasteiger partial charge in [-0.05, 0) is 66.1 Å². The van der Waals surface area contributed by atoms with Gasteiger partial charge in [0.25, 0.3) is 5.91 Å². The second kappa shape index (κ2) is 7.73. The van der Waals surface area contributed by atoms with Crippen molar-refractivity contribution in [2.45, 2.75) is 17.9 Å². The number of fused-ring (bicyclic) bond motifs is 1. The smallest absolute Gasteiger partial charge is 0.291 e. The number of amides is 1. The summed E-state index contributed by atoms with van der Waals surface area (Å²) in [6, 6.07) is 15.1. The number of sulfonamides is 1. The number of nitrogens with zero attached hydrogens (tertiary/aromatic N) is 1. The minimum absolute atomic E-state index is 0.214. The first-order chi connectivity index (χ1) is 14.0. The molecular weight excluding hydrogens is 392 g/mol. The van der Waals surface area contributed by atoms with Crippen LogP contribution in [0, 0.1) is 0 Å². The quantitative estimate of drug-likeness (QED) is 0.695. The largest absolute Gasteiger partial charge is 0.497 e. The van der Waals surface area contributed by atoms with E-state index in [-0.39, 0.29) is 23.1 Å². The number of carbonyl (C=O) groups excluding carboxylic acids is 1. The number of nitrogens with one attached hydrogen (secondary N) is 1. The van der Waals surface area contributed by atoms with Gasteiger partial charge in [0.05, 0.1) is 18.3 Å². The van der Waals surface area contributed by atoms with Crippen molar-refractivity contribution in [3.05, 3.63) is 77.7 Å². The minimum Gasteiger partial charge on any atom is -0.497 e. The molecule has 0 fully saturated rings. The van der Waals surface area contributed by atoms with E-state index in [1.807, 2.05) is 18.2 Å². The predicted molar refractivity (Wildman–Crippen MR) is 107 cm³/mol. The molecule has 2 heterocycles. The summed E-state index contributed by atoms with van der Waals surface area (Å²) in [4.78, 5) is 12.4. The number of hydrogen-bond donors (Lipinski definition) is 1. The van der Waals surface area contributed by atoms with Crippen LogP contribution in [-0.4, -0.2) is 32.3 Å². The summed E-state index contributed by atoms with van der Waals surface area (Å²) in [5.74, 6) is 0.463.